The van der Waals surface area contributed by atoms with Crippen LogP contribution in [0.25, 0.3) is 6.08 Å². The SMILES string of the molecule is CNC(=O)c1ccc(C=CC(=O)N2CCC(C(=O)O)CC2)cc1. The standard InChI is InChI=1S/C17H20N2O4/c1-18-16(21)13-5-2-12(3-6-13)4-7-15(20)19-10-8-14(9-11-19)17(22)23/h2-7,14H,8-11H2,1H3,(H,18,21)(H,22,23). The maximum Gasteiger partial charge on any atom is 0.306 e. The first-order valence-electron chi connectivity index (χ1n) is 7.53. The summed E-state index contributed by atoms with van der Waals surface area (Å²) in [4.78, 5) is 36.1. The van der Waals surface area contributed by atoms with Crippen molar-refractivity contribution in [3.8, 4) is 0 Å². The van der Waals surface area contributed by atoms with E-state index < -0.39 is 5.97 Å². The van der Waals surface area contributed by atoms with Crippen LogP contribution in [0, 0.1) is 5.92 Å². The highest BCUT2D eigenvalue weighted by molar-refractivity contribution is 5.94. The lowest BCUT2D eigenvalue weighted by molar-refractivity contribution is -0.144. The average Bonchev–Trinajstić information content (AvgIpc) is 2.59. The van der Waals surface area contributed by atoms with Crippen molar-refractivity contribution in [2.45, 2.75) is 12.8 Å². The Kier molecular flexibility index (Phi) is 5.51. The summed E-state index contributed by atoms with van der Waals surface area (Å²) in [5.74, 6) is -1.41. The Morgan fingerprint density at radius 1 is 1.17 bits per heavy atom. The quantitative estimate of drug-likeness (QED) is 0.822. The van der Waals surface area contributed by atoms with Gasteiger partial charge in [-0.1, -0.05) is 12.1 Å². The molecule has 1 aliphatic heterocycles. The summed E-state index contributed by atoms with van der Waals surface area (Å²) in [6.07, 6.45) is 4.17. The minimum Gasteiger partial charge on any atom is -0.481 e. The third kappa shape index (κ3) is 4.42. The molecule has 0 radical (unpaired) electrons. The van der Waals surface area contributed by atoms with Gasteiger partial charge in [-0.3, -0.25) is 14.4 Å². The lowest BCUT2D eigenvalue weighted by Gasteiger charge is -2.29. The number of carbonyl (C=O) groups is 3. The number of nitrogens with one attached hydrogen (secondary N) is 1. The Morgan fingerprint density at radius 3 is 2.30 bits per heavy atom. The van der Waals surface area contributed by atoms with Gasteiger partial charge < -0.3 is 15.3 Å². The van der Waals surface area contributed by atoms with E-state index in [9.17, 15) is 14.4 Å². The van der Waals surface area contributed by atoms with Crippen LogP contribution in [-0.4, -0.2) is 47.9 Å². The Morgan fingerprint density at radius 2 is 1.78 bits per heavy atom. The maximum atomic E-state index is 12.1. The molecule has 122 valence electrons. The third-order valence-electron chi connectivity index (χ3n) is 3.97. The number of carboxylic acid groups (broad SMARTS) is 1. The van der Waals surface area contributed by atoms with Crippen molar-refractivity contribution in [3.63, 3.8) is 0 Å². The number of benzene rings is 1. The fourth-order valence-electron chi connectivity index (χ4n) is 2.51. The molecule has 2 N–H and O–H groups in total. The molecule has 1 saturated heterocycles. The number of nitrogens with zero attached hydrogens (tertiary/aromatic N) is 1. The van der Waals surface area contributed by atoms with Crippen molar-refractivity contribution in [1.29, 1.82) is 0 Å². The highest BCUT2D eigenvalue weighted by atomic mass is 16.4. The van der Waals surface area contributed by atoms with Gasteiger partial charge in [0.05, 0.1) is 5.92 Å². The zero-order chi connectivity index (χ0) is 16.8. The largest absolute Gasteiger partial charge is 0.481 e. The number of hydrogen-bond donors (Lipinski definition) is 2. The molecule has 1 fully saturated rings. The first kappa shape index (κ1) is 16.7. The summed E-state index contributed by atoms with van der Waals surface area (Å²) in [6, 6.07) is 6.93. The molecule has 6 heteroatoms. The topological polar surface area (TPSA) is 86.7 Å². The van der Waals surface area contributed by atoms with Gasteiger partial charge in [-0.05, 0) is 36.6 Å². The minimum atomic E-state index is -0.788. The molecule has 6 nitrogen and oxygen atoms in total. The normalized spacial score (nSPS) is 15.6. The highest BCUT2D eigenvalue weighted by Crippen LogP contribution is 2.17. The predicted octanol–water partition coefficient (Wildman–Crippen LogP) is 1.38. The van der Waals surface area contributed by atoms with Gasteiger partial charge in [-0.2, -0.15) is 0 Å². The van der Waals surface area contributed by atoms with Crippen LogP contribution in [0.15, 0.2) is 30.3 Å². The first-order valence-corrected chi connectivity index (χ1v) is 7.53. The highest BCUT2D eigenvalue weighted by Gasteiger charge is 2.25. The van der Waals surface area contributed by atoms with Gasteiger partial charge in [-0.15, -0.1) is 0 Å². The molecule has 0 aromatic heterocycles. The molecule has 1 heterocycles. The predicted molar refractivity (Wildman–Crippen MR) is 85.8 cm³/mol. The van der Waals surface area contributed by atoms with Crippen LogP contribution >= 0.6 is 0 Å². The fourth-order valence-corrected chi connectivity index (χ4v) is 2.51. The van der Waals surface area contributed by atoms with Gasteiger partial charge in [0.1, 0.15) is 0 Å². The van der Waals surface area contributed by atoms with Crippen LogP contribution in [-0.2, 0) is 9.59 Å². The summed E-state index contributed by atoms with van der Waals surface area (Å²) in [7, 11) is 1.57. The number of rotatable bonds is 4. The van der Waals surface area contributed by atoms with E-state index in [0.717, 1.165) is 5.56 Å². The molecular weight excluding hydrogens is 296 g/mol. The van der Waals surface area contributed by atoms with E-state index in [1.54, 1.807) is 42.3 Å². The van der Waals surface area contributed by atoms with E-state index in [1.165, 1.54) is 6.08 Å². The van der Waals surface area contributed by atoms with E-state index in [-0.39, 0.29) is 17.7 Å². The third-order valence-corrected chi connectivity index (χ3v) is 3.97. The zero-order valence-electron chi connectivity index (χ0n) is 13.0. The molecule has 0 unspecified atom stereocenters. The number of piperidine rings is 1. The number of hydrogen-bond acceptors (Lipinski definition) is 3. The number of likely N-dealkylation sites (tertiary alicyclic amines) is 1. The molecule has 2 amide bonds. The Balaban J connectivity index is 1.91. The second-order valence-corrected chi connectivity index (χ2v) is 5.47. The molecule has 1 aromatic rings. The van der Waals surface area contributed by atoms with Gasteiger partial charge in [0.25, 0.3) is 5.91 Å². The number of carboxylic acids is 1. The van der Waals surface area contributed by atoms with Crippen molar-refractivity contribution in [1.82, 2.24) is 10.2 Å². The van der Waals surface area contributed by atoms with Crippen molar-refractivity contribution < 1.29 is 19.5 Å². The molecule has 2 rings (SSSR count). The van der Waals surface area contributed by atoms with Crippen molar-refractivity contribution in [2.24, 2.45) is 5.92 Å². The Labute approximate surface area is 134 Å². The number of amides is 2. The van der Waals surface area contributed by atoms with Crippen LogP contribution in [0.3, 0.4) is 0 Å². The van der Waals surface area contributed by atoms with Crippen LogP contribution in [0.1, 0.15) is 28.8 Å². The monoisotopic (exact) mass is 316 g/mol. The van der Waals surface area contributed by atoms with Gasteiger partial charge in [0.15, 0.2) is 0 Å². The van der Waals surface area contributed by atoms with Crippen LogP contribution in [0.4, 0.5) is 0 Å². The lowest BCUT2D eigenvalue weighted by atomic mass is 9.97. The molecule has 1 aliphatic rings. The fraction of sp³-hybridized carbons (Fsp3) is 0.353. The zero-order valence-corrected chi connectivity index (χ0v) is 13.0. The summed E-state index contributed by atoms with van der Waals surface area (Å²) in [6.45, 7) is 0.936. The molecule has 1 aromatic carbocycles. The number of aliphatic carboxylic acids is 1. The molecule has 0 aliphatic carbocycles. The average molecular weight is 316 g/mol. The molecular formula is C17H20N2O4. The van der Waals surface area contributed by atoms with E-state index >= 15 is 0 Å². The lowest BCUT2D eigenvalue weighted by Crippen LogP contribution is -2.39. The van der Waals surface area contributed by atoms with Crippen LogP contribution < -0.4 is 5.32 Å². The minimum absolute atomic E-state index is 0.121. The molecule has 0 bridgehead atoms. The van der Waals surface area contributed by atoms with Gasteiger partial charge in [0.2, 0.25) is 5.91 Å². The van der Waals surface area contributed by atoms with Crippen molar-refractivity contribution >= 4 is 23.9 Å². The maximum absolute atomic E-state index is 12.1. The van der Waals surface area contributed by atoms with Crippen molar-refractivity contribution in [2.75, 3.05) is 20.1 Å². The Hall–Kier alpha value is -2.63. The van der Waals surface area contributed by atoms with E-state index in [4.69, 9.17) is 5.11 Å². The van der Waals surface area contributed by atoms with E-state index in [0.29, 0.717) is 31.5 Å². The van der Waals surface area contributed by atoms with E-state index in [1.807, 2.05) is 0 Å². The first-order chi connectivity index (χ1) is 11.0. The Bertz CT molecular complexity index is 614. The molecule has 23 heavy (non-hydrogen) atoms. The van der Waals surface area contributed by atoms with Crippen molar-refractivity contribution in [3.05, 3.63) is 41.5 Å². The second-order valence-electron chi connectivity index (χ2n) is 5.47. The van der Waals surface area contributed by atoms with Crippen LogP contribution in [0.2, 0.25) is 0 Å². The van der Waals surface area contributed by atoms with Gasteiger partial charge in [0, 0.05) is 31.8 Å². The summed E-state index contributed by atoms with van der Waals surface area (Å²) < 4.78 is 0. The molecule has 0 saturated carbocycles. The van der Waals surface area contributed by atoms with Gasteiger partial charge in [-0.25, -0.2) is 0 Å². The summed E-state index contributed by atoms with van der Waals surface area (Å²) in [5.41, 5.74) is 1.39. The summed E-state index contributed by atoms with van der Waals surface area (Å²) >= 11 is 0. The number of carbonyl (C=O) groups excluding carboxylic acids is 2. The summed E-state index contributed by atoms with van der Waals surface area (Å²) in [5, 5.41) is 11.5. The molecule has 0 spiro atoms. The van der Waals surface area contributed by atoms with E-state index in [2.05, 4.69) is 5.32 Å². The molecule has 0 atom stereocenters. The second kappa shape index (κ2) is 7.58. The van der Waals surface area contributed by atoms with Gasteiger partial charge >= 0.3 is 5.97 Å². The van der Waals surface area contributed by atoms with Crippen LogP contribution in [0.5, 0.6) is 0 Å². The smallest absolute Gasteiger partial charge is 0.306 e.